The molecular weight excluding hydrogens is 208 g/mol. The van der Waals surface area contributed by atoms with Crippen molar-refractivity contribution in [1.82, 2.24) is 5.32 Å². The average Bonchev–Trinajstić information content (AvgIpc) is 2.75. The summed E-state index contributed by atoms with van der Waals surface area (Å²) in [6.45, 7) is 4.50. The number of hydrogen-bond acceptors (Lipinski definition) is 2. The van der Waals surface area contributed by atoms with Crippen LogP contribution in [0.2, 0.25) is 0 Å². The van der Waals surface area contributed by atoms with Crippen LogP contribution >= 0.6 is 0 Å². The molecule has 0 spiro atoms. The Hall–Kier alpha value is -1.33. The van der Waals surface area contributed by atoms with Gasteiger partial charge in [0, 0.05) is 12.1 Å². The summed E-state index contributed by atoms with van der Waals surface area (Å²) in [4.78, 5) is 0. The summed E-state index contributed by atoms with van der Waals surface area (Å²) in [6.07, 6.45) is 3.90. The molecule has 1 aliphatic rings. The molecule has 2 heteroatoms. The maximum atomic E-state index is 8.89. The van der Waals surface area contributed by atoms with Crippen LogP contribution in [0.4, 0.5) is 0 Å². The molecule has 90 valence electrons. The van der Waals surface area contributed by atoms with E-state index in [1.807, 2.05) is 18.2 Å². The summed E-state index contributed by atoms with van der Waals surface area (Å²) < 4.78 is 0. The largest absolute Gasteiger partial charge is 0.307 e. The highest BCUT2D eigenvalue weighted by Gasteiger charge is 2.22. The second kappa shape index (κ2) is 5.33. The molecule has 0 saturated heterocycles. The lowest BCUT2D eigenvalue weighted by Crippen LogP contribution is -2.29. The molecule has 3 unspecified atom stereocenters. The molecule has 0 bridgehead atoms. The third-order valence-electron chi connectivity index (χ3n) is 3.70. The fraction of sp³-hybridized carbons (Fsp3) is 0.533. The zero-order chi connectivity index (χ0) is 12.3. The van der Waals surface area contributed by atoms with Gasteiger partial charge in [0.25, 0.3) is 0 Å². The number of hydrogen-bond donors (Lipinski definition) is 1. The average molecular weight is 228 g/mol. The molecule has 1 fully saturated rings. The second-order valence-electron chi connectivity index (χ2n) is 5.24. The van der Waals surface area contributed by atoms with Crippen molar-refractivity contribution in [2.75, 3.05) is 0 Å². The van der Waals surface area contributed by atoms with Crippen molar-refractivity contribution < 1.29 is 0 Å². The molecule has 1 aliphatic carbocycles. The van der Waals surface area contributed by atoms with Crippen LogP contribution in [0.3, 0.4) is 0 Å². The molecule has 2 nitrogen and oxygen atoms in total. The van der Waals surface area contributed by atoms with Gasteiger partial charge in [-0.25, -0.2) is 0 Å². The Balaban J connectivity index is 1.99. The van der Waals surface area contributed by atoms with Gasteiger partial charge in [0.15, 0.2) is 0 Å². The minimum Gasteiger partial charge on any atom is -0.307 e. The van der Waals surface area contributed by atoms with E-state index in [-0.39, 0.29) is 0 Å². The Morgan fingerprint density at radius 1 is 1.41 bits per heavy atom. The predicted molar refractivity (Wildman–Crippen MR) is 69.5 cm³/mol. The maximum Gasteiger partial charge on any atom is 0.0991 e. The molecule has 1 aromatic carbocycles. The van der Waals surface area contributed by atoms with E-state index in [0.717, 1.165) is 11.5 Å². The molecule has 17 heavy (non-hydrogen) atoms. The smallest absolute Gasteiger partial charge is 0.0991 e. The summed E-state index contributed by atoms with van der Waals surface area (Å²) >= 11 is 0. The SMILES string of the molecule is CC1CCC(NC(C)c2cccc(C#N)c2)C1. The van der Waals surface area contributed by atoms with Gasteiger partial charge in [-0.05, 0) is 49.8 Å². The highest BCUT2D eigenvalue weighted by atomic mass is 14.9. The Morgan fingerprint density at radius 2 is 2.24 bits per heavy atom. The van der Waals surface area contributed by atoms with Gasteiger partial charge in [0.05, 0.1) is 11.6 Å². The summed E-state index contributed by atoms with van der Waals surface area (Å²) in [5.74, 6) is 0.852. The van der Waals surface area contributed by atoms with Crippen LogP contribution < -0.4 is 5.32 Å². The number of benzene rings is 1. The predicted octanol–water partition coefficient (Wildman–Crippen LogP) is 3.40. The van der Waals surface area contributed by atoms with Crippen LogP contribution in [-0.2, 0) is 0 Å². The first-order valence-electron chi connectivity index (χ1n) is 6.45. The monoisotopic (exact) mass is 228 g/mol. The molecule has 1 N–H and O–H groups in total. The minimum absolute atomic E-state index is 0.332. The van der Waals surface area contributed by atoms with E-state index in [9.17, 15) is 0 Å². The lowest BCUT2D eigenvalue weighted by atomic mass is 10.0. The van der Waals surface area contributed by atoms with Crippen LogP contribution in [0.25, 0.3) is 0 Å². The van der Waals surface area contributed by atoms with E-state index in [1.165, 1.54) is 24.8 Å². The Morgan fingerprint density at radius 3 is 2.88 bits per heavy atom. The van der Waals surface area contributed by atoms with Crippen molar-refractivity contribution in [1.29, 1.82) is 5.26 Å². The van der Waals surface area contributed by atoms with E-state index < -0.39 is 0 Å². The highest BCUT2D eigenvalue weighted by molar-refractivity contribution is 5.34. The minimum atomic E-state index is 0.332. The van der Waals surface area contributed by atoms with Gasteiger partial charge < -0.3 is 5.32 Å². The zero-order valence-corrected chi connectivity index (χ0v) is 10.6. The van der Waals surface area contributed by atoms with Crippen molar-refractivity contribution in [2.24, 2.45) is 5.92 Å². The number of nitriles is 1. The maximum absolute atomic E-state index is 8.89. The van der Waals surface area contributed by atoms with Gasteiger partial charge in [0.1, 0.15) is 0 Å². The van der Waals surface area contributed by atoms with E-state index in [2.05, 4.69) is 31.3 Å². The van der Waals surface area contributed by atoms with Gasteiger partial charge in [-0.15, -0.1) is 0 Å². The molecule has 1 saturated carbocycles. The van der Waals surface area contributed by atoms with Gasteiger partial charge >= 0.3 is 0 Å². The van der Waals surface area contributed by atoms with E-state index in [4.69, 9.17) is 5.26 Å². The first kappa shape index (κ1) is 12.1. The Kier molecular flexibility index (Phi) is 3.81. The summed E-state index contributed by atoms with van der Waals surface area (Å²) in [5, 5.41) is 12.6. The van der Waals surface area contributed by atoms with E-state index >= 15 is 0 Å². The number of rotatable bonds is 3. The van der Waals surface area contributed by atoms with Crippen molar-refractivity contribution in [3.8, 4) is 6.07 Å². The molecule has 0 heterocycles. The standard InChI is InChI=1S/C15H20N2/c1-11-6-7-15(8-11)17-12(2)14-5-3-4-13(9-14)10-16/h3-5,9,11-12,15,17H,6-8H2,1-2H3. The normalized spacial score (nSPS) is 25.5. The van der Waals surface area contributed by atoms with Crippen LogP contribution in [0.5, 0.6) is 0 Å². The molecule has 2 rings (SSSR count). The van der Waals surface area contributed by atoms with Gasteiger partial charge in [-0.3, -0.25) is 0 Å². The van der Waals surface area contributed by atoms with Crippen molar-refractivity contribution in [3.63, 3.8) is 0 Å². The van der Waals surface area contributed by atoms with Crippen molar-refractivity contribution >= 4 is 0 Å². The fourth-order valence-electron chi connectivity index (χ4n) is 2.69. The lowest BCUT2D eigenvalue weighted by Gasteiger charge is -2.20. The third kappa shape index (κ3) is 3.08. The molecule has 1 aromatic rings. The molecule has 3 atom stereocenters. The fourth-order valence-corrected chi connectivity index (χ4v) is 2.69. The van der Waals surface area contributed by atoms with Crippen LogP contribution in [0.1, 0.15) is 50.3 Å². The third-order valence-corrected chi connectivity index (χ3v) is 3.70. The summed E-state index contributed by atoms with van der Waals surface area (Å²) in [7, 11) is 0. The second-order valence-corrected chi connectivity index (χ2v) is 5.24. The molecule has 0 amide bonds. The molecule has 0 aliphatic heterocycles. The quantitative estimate of drug-likeness (QED) is 0.860. The first-order valence-corrected chi connectivity index (χ1v) is 6.45. The zero-order valence-electron chi connectivity index (χ0n) is 10.6. The van der Waals surface area contributed by atoms with Gasteiger partial charge in [-0.1, -0.05) is 19.1 Å². The number of nitrogens with zero attached hydrogens (tertiary/aromatic N) is 1. The van der Waals surface area contributed by atoms with Crippen LogP contribution in [0, 0.1) is 17.2 Å². The lowest BCUT2D eigenvalue weighted by molar-refractivity contribution is 0.449. The van der Waals surface area contributed by atoms with Crippen molar-refractivity contribution in [3.05, 3.63) is 35.4 Å². The van der Waals surface area contributed by atoms with Gasteiger partial charge in [0.2, 0.25) is 0 Å². The molecule has 0 aromatic heterocycles. The Labute approximate surface area is 104 Å². The van der Waals surface area contributed by atoms with Crippen LogP contribution in [0.15, 0.2) is 24.3 Å². The van der Waals surface area contributed by atoms with E-state index in [1.54, 1.807) is 0 Å². The van der Waals surface area contributed by atoms with E-state index in [0.29, 0.717) is 12.1 Å². The summed E-state index contributed by atoms with van der Waals surface area (Å²) in [6, 6.07) is 11.1. The van der Waals surface area contributed by atoms with Crippen molar-refractivity contribution in [2.45, 2.75) is 45.2 Å². The molecular formula is C15H20N2. The highest BCUT2D eigenvalue weighted by Crippen LogP contribution is 2.27. The molecule has 0 radical (unpaired) electrons. The van der Waals surface area contributed by atoms with Crippen LogP contribution in [-0.4, -0.2) is 6.04 Å². The number of nitrogens with one attached hydrogen (secondary N) is 1. The first-order chi connectivity index (χ1) is 8.19. The van der Waals surface area contributed by atoms with Gasteiger partial charge in [-0.2, -0.15) is 5.26 Å². The topological polar surface area (TPSA) is 35.8 Å². The Bertz CT molecular complexity index is 419. The summed E-state index contributed by atoms with van der Waals surface area (Å²) in [5.41, 5.74) is 1.96.